The summed E-state index contributed by atoms with van der Waals surface area (Å²) in [6.45, 7) is 1.78. The zero-order valence-corrected chi connectivity index (χ0v) is 15.2. The lowest BCUT2D eigenvalue weighted by molar-refractivity contribution is -0.140. The lowest BCUT2D eigenvalue weighted by atomic mass is 9.96. The average molecular weight is 404 g/mol. The van der Waals surface area contributed by atoms with Crippen molar-refractivity contribution < 1.29 is 22.0 Å². The van der Waals surface area contributed by atoms with E-state index in [-0.39, 0.29) is 17.3 Å². The summed E-state index contributed by atoms with van der Waals surface area (Å²) in [6.07, 6.45) is -2.85. The van der Waals surface area contributed by atoms with Gasteiger partial charge in [-0.15, -0.1) is 0 Å². The topological polar surface area (TPSA) is 30.7 Å². The van der Waals surface area contributed by atoms with E-state index < -0.39 is 34.5 Å². The first-order chi connectivity index (χ1) is 12.6. The largest absolute Gasteiger partial charge is 0.419 e. The van der Waals surface area contributed by atoms with Gasteiger partial charge in [0.2, 0.25) is 0 Å². The Kier molecular flexibility index (Phi) is 5.12. The van der Waals surface area contributed by atoms with E-state index in [4.69, 9.17) is 11.6 Å². The Morgan fingerprint density at radius 3 is 2.48 bits per heavy atom. The molecule has 0 saturated heterocycles. The van der Waals surface area contributed by atoms with E-state index in [1.54, 1.807) is 14.0 Å². The van der Waals surface area contributed by atoms with Gasteiger partial charge < -0.3 is 0 Å². The molecule has 1 aromatic carbocycles. The third-order valence-corrected chi connectivity index (χ3v) is 4.54. The molecule has 0 aliphatic heterocycles. The molecule has 3 rings (SSSR count). The zero-order chi connectivity index (χ0) is 19.9. The average Bonchev–Trinajstić information content (AvgIpc) is 2.90. The van der Waals surface area contributed by atoms with Crippen molar-refractivity contribution in [2.75, 3.05) is 0 Å². The predicted octanol–water partition coefficient (Wildman–Crippen LogP) is 5.93. The second-order valence-electron chi connectivity index (χ2n) is 6.18. The Hall–Kier alpha value is -2.22. The van der Waals surface area contributed by atoms with Crippen molar-refractivity contribution in [1.29, 1.82) is 0 Å². The minimum Gasteiger partial charge on any atom is -0.267 e. The van der Waals surface area contributed by atoms with Gasteiger partial charge >= 0.3 is 6.18 Å². The van der Waals surface area contributed by atoms with Crippen LogP contribution < -0.4 is 0 Å². The SMILES string of the molecule is CCCCc1c(F)c(-c2nn(C)c3cc(Cl)ncc23)cc(C(F)(F)F)c1F. The fourth-order valence-electron chi connectivity index (χ4n) is 2.97. The third-order valence-electron chi connectivity index (χ3n) is 4.33. The maximum absolute atomic E-state index is 15.0. The van der Waals surface area contributed by atoms with Crippen LogP contribution in [0.5, 0.6) is 0 Å². The molecule has 3 aromatic rings. The number of pyridine rings is 1. The highest BCUT2D eigenvalue weighted by Crippen LogP contribution is 2.39. The van der Waals surface area contributed by atoms with Crippen LogP contribution in [0.25, 0.3) is 22.2 Å². The summed E-state index contributed by atoms with van der Waals surface area (Å²) < 4.78 is 70.8. The second-order valence-corrected chi connectivity index (χ2v) is 6.56. The highest BCUT2D eigenvalue weighted by Gasteiger charge is 2.37. The molecule has 2 heterocycles. The van der Waals surface area contributed by atoms with Gasteiger partial charge in [0, 0.05) is 35.8 Å². The van der Waals surface area contributed by atoms with Crippen LogP contribution in [0.15, 0.2) is 18.3 Å². The van der Waals surface area contributed by atoms with Crippen LogP contribution in [0.4, 0.5) is 22.0 Å². The Morgan fingerprint density at radius 2 is 1.85 bits per heavy atom. The van der Waals surface area contributed by atoms with Crippen LogP contribution in [-0.2, 0) is 19.6 Å². The molecule has 27 heavy (non-hydrogen) atoms. The van der Waals surface area contributed by atoms with E-state index in [2.05, 4.69) is 10.1 Å². The monoisotopic (exact) mass is 403 g/mol. The van der Waals surface area contributed by atoms with Crippen molar-refractivity contribution in [1.82, 2.24) is 14.8 Å². The zero-order valence-electron chi connectivity index (χ0n) is 14.5. The second kappa shape index (κ2) is 7.07. The van der Waals surface area contributed by atoms with E-state index in [0.29, 0.717) is 29.8 Å². The molecule has 9 heteroatoms. The van der Waals surface area contributed by atoms with Crippen molar-refractivity contribution in [2.24, 2.45) is 7.05 Å². The smallest absolute Gasteiger partial charge is 0.267 e. The van der Waals surface area contributed by atoms with Gasteiger partial charge in [0.25, 0.3) is 0 Å². The van der Waals surface area contributed by atoms with Crippen molar-refractivity contribution in [3.63, 3.8) is 0 Å². The molecule has 0 N–H and O–H groups in total. The van der Waals surface area contributed by atoms with Gasteiger partial charge in [0.15, 0.2) is 0 Å². The summed E-state index contributed by atoms with van der Waals surface area (Å²) in [5.74, 6) is -2.61. The van der Waals surface area contributed by atoms with Crippen molar-refractivity contribution >= 4 is 22.5 Å². The van der Waals surface area contributed by atoms with Crippen LogP contribution in [0.1, 0.15) is 30.9 Å². The number of fused-ring (bicyclic) bond motifs is 1. The lowest BCUT2D eigenvalue weighted by Crippen LogP contribution is -2.13. The number of rotatable bonds is 4. The molecule has 0 bridgehead atoms. The summed E-state index contributed by atoms with van der Waals surface area (Å²) in [5.41, 5.74) is -2.08. The molecule has 0 atom stereocenters. The molecule has 0 saturated carbocycles. The lowest BCUT2D eigenvalue weighted by Gasteiger charge is -2.15. The fourth-order valence-corrected chi connectivity index (χ4v) is 3.12. The number of aromatic nitrogens is 3. The van der Waals surface area contributed by atoms with Crippen molar-refractivity contribution in [2.45, 2.75) is 32.4 Å². The number of hydrogen-bond donors (Lipinski definition) is 0. The molecule has 0 spiro atoms. The number of alkyl halides is 3. The number of aryl methyl sites for hydroxylation is 1. The molecule has 0 aliphatic carbocycles. The highest BCUT2D eigenvalue weighted by atomic mass is 35.5. The molecule has 0 fully saturated rings. The molecular weight excluding hydrogens is 389 g/mol. The van der Waals surface area contributed by atoms with E-state index in [9.17, 15) is 17.6 Å². The molecule has 3 nitrogen and oxygen atoms in total. The molecule has 0 amide bonds. The van der Waals surface area contributed by atoms with Crippen LogP contribution in [0, 0.1) is 11.6 Å². The number of unbranched alkanes of at least 4 members (excludes halogenated alkanes) is 1. The van der Waals surface area contributed by atoms with Crippen molar-refractivity contribution in [3.05, 3.63) is 46.2 Å². The summed E-state index contributed by atoms with van der Waals surface area (Å²) in [7, 11) is 1.55. The van der Waals surface area contributed by atoms with E-state index in [1.165, 1.54) is 16.9 Å². The summed E-state index contributed by atoms with van der Waals surface area (Å²) >= 11 is 5.84. The van der Waals surface area contributed by atoms with Crippen LogP contribution in [0.3, 0.4) is 0 Å². The summed E-state index contributed by atoms with van der Waals surface area (Å²) in [6, 6.07) is 1.94. The number of nitrogens with zero attached hydrogens (tertiary/aromatic N) is 3. The van der Waals surface area contributed by atoms with Gasteiger partial charge in [0.1, 0.15) is 22.5 Å². The van der Waals surface area contributed by atoms with Gasteiger partial charge in [0.05, 0.1) is 11.1 Å². The fraction of sp³-hybridized carbons (Fsp3) is 0.333. The number of halogens is 6. The standard InChI is InChI=1S/C18H15ClF5N3/c1-3-4-5-9-15(20)10(6-12(16(9)21)18(22,23)24)17-11-8-25-14(19)7-13(11)27(2)26-17/h6-8H,3-5H2,1-2H3. The van der Waals surface area contributed by atoms with Gasteiger partial charge in [-0.3, -0.25) is 4.68 Å². The first-order valence-corrected chi connectivity index (χ1v) is 8.59. The molecular formula is C18H15ClF5N3. The Balaban J connectivity index is 2.33. The Morgan fingerprint density at radius 1 is 1.15 bits per heavy atom. The van der Waals surface area contributed by atoms with E-state index in [0.717, 1.165) is 0 Å². The summed E-state index contributed by atoms with van der Waals surface area (Å²) in [5, 5.41) is 4.61. The molecule has 0 unspecified atom stereocenters. The maximum atomic E-state index is 15.0. The summed E-state index contributed by atoms with van der Waals surface area (Å²) in [4.78, 5) is 3.89. The minimum absolute atomic E-state index is 0.0441. The molecule has 2 aromatic heterocycles. The van der Waals surface area contributed by atoms with Crippen LogP contribution in [0.2, 0.25) is 5.15 Å². The molecule has 0 aliphatic rings. The van der Waals surface area contributed by atoms with Crippen molar-refractivity contribution in [3.8, 4) is 11.3 Å². The van der Waals surface area contributed by atoms with Gasteiger partial charge in [-0.2, -0.15) is 18.3 Å². The van der Waals surface area contributed by atoms with E-state index >= 15 is 4.39 Å². The van der Waals surface area contributed by atoms with Gasteiger partial charge in [-0.25, -0.2) is 13.8 Å². The minimum atomic E-state index is -4.96. The first-order valence-electron chi connectivity index (χ1n) is 8.21. The predicted molar refractivity (Wildman–Crippen MR) is 92.5 cm³/mol. The molecule has 0 radical (unpaired) electrons. The van der Waals surface area contributed by atoms with Crippen LogP contribution >= 0.6 is 11.6 Å². The Labute approximate surface area is 156 Å². The first kappa shape index (κ1) is 19.5. The van der Waals surface area contributed by atoms with Gasteiger partial charge in [-0.05, 0) is 18.9 Å². The maximum Gasteiger partial charge on any atom is 0.419 e. The van der Waals surface area contributed by atoms with Gasteiger partial charge in [-0.1, -0.05) is 24.9 Å². The highest BCUT2D eigenvalue weighted by molar-refractivity contribution is 6.30. The Bertz CT molecular complexity index is 1010. The quantitative estimate of drug-likeness (QED) is 0.399. The van der Waals surface area contributed by atoms with Crippen LogP contribution in [-0.4, -0.2) is 14.8 Å². The normalized spacial score (nSPS) is 12.1. The number of benzene rings is 1. The number of hydrogen-bond acceptors (Lipinski definition) is 2. The van der Waals surface area contributed by atoms with E-state index in [1.807, 2.05) is 0 Å². The molecule has 144 valence electrons. The third kappa shape index (κ3) is 3.50.